The van der Waals surface area contributed by atoms with Crippen LogP contribution in [0.2, 0.25) is 0 Å². The van der Waals surface area contributed by atoms with E-state index in [0.717, 1.165) is 28.5 Å². The number of hydrogen-bond acceptors (Lipinski definition) is 7. The van der Waals surface area contributed by atoms with Crippen molar-refractivity contribution in [1.29, 1.82) is 0 Å². The molecule has 226 valence electrons. The number of ether oxygens (including phenoxy) is 3. The van der Waals surface area contributed by atoms with Gasteiger partial charge in [0.15, 0.2) is 17.7 Å². The second-order valence-electron chi connectivity index (χ2n) is 13.4. The van der Waals surface area contributed by atoms with Gasteiger partial charge in [0.25, 0.3) is 0 Å². The van der Waals surface area contributed by atoms with Crippen molar-refractivity contribution in [3.8, 4) is 16.9 Å². The number of methoxy groups -OCH3 is 1. The minimum atomic E-state index is -1.10. The number of hydrogen-bond donors (Lipinski definition) is 0. The van der Waals surface area contributed by atoms with Gasteiger partial charge in [0, 0.05) is 34.8 Å². The maximum atomic E-state index is 15.7. The lowest BCUT2D eigenvalue weighted by Gasteiger charge is -2.32. The molecular weight excluding hydrogens is 538 g/mol. The third-order valence-corrected chi connectivity index (χ3v) is 8.79. The normalized spacial score (nSPS) is 18.6. The number of nitrogens with zero attached hydrogens (tertiary/aromatic N) is 2. The molecule has 1 fully saturated rings. The van der Waals surface area contributed by atoms with Crippen LogP contribution in [0.4, 0.5) is 4.39 Å². The SMILES string of the molecule is COC(=O)[C@@H](OC(C)(C)C)c1c(C)nc2c(cc(B3OC(C)(C)C(C)(C)O3)n2C)c1-c1cc(F)c2c(c1C)CCCO2. The molecule has 0 amide bonds. The zero-order valence-corrected chi connectivity index (χ0v) is 26.7. The number of halogens is 1. The molecule has 5 rings (SSSR count). The van der Waals surface area contributed by atoms with Gasteiger partial charge in [0.05, 0.1) is 36.1 Å². The van der Waals surface area contributed by atoms with E-state index in [-0.39, 0.29) is 0 Å². The molecule has 0 N–H and O–H groups in total. The van der Waals surface area contributed by atoms with Crippen molar-refractivity contribution in [3.63, 3.8) is 0 Å². The number of fused-ring (bicyclic) bond motifs is 2. The van der Waals surface area contributed by atoms with Gasteiger partial charge in [-0.15, -0.1) is 0 Å². The molecule has 2 aliphatic heterocycles. The van der Waals surface area contributed by atoms with Gasteiger partial charge in [0.1, 0.15) is 5.65 Å². The molecule has 0 unspecified atom stereocenters. The zero-order chi connectivity index (χ0) is 30.9. The Bertz CT molecular complexity index is 1560. The molecule has 0 spiro atoms. The number of carbonyl (C=O) groups is 1. The standard InChI is InChI=1S/C32H42BFN2O6/c1-17-19-13-12-14-39-26(19)22(34)15-20(17)25-21-16-23(33-41-31(6,7)32(8,9)42-33)36(10)28(21)35-18(2)24(25)27(29(37)38-11)40-30(3,4)5/h15-16,27H,12-14H2,1-11H3/t27-/m0/s1. The Morgan fingerprint density at radius 1 is 1.14 bits per heavy atom. The van der Waals surface area contributed by atoms with Crippen LogP contribution in [0.3, 0.4) is 0 Å². The third-order valence-electron chi connectivity index (χ3n) is 8.79. The summed E-state index contributed by atoms with van der Waals surface area (Å²) in [7, 11) is 2.60. The number of rotatable bonds is 5. The molecule has 0 saturated carbocycles. The van der Waals surface area contributed by atoms with Crippen molar-refractivity contribution in [2.75, 3.05) is 13.7 Å². The molecule has 2 aliphatic rings. The first-order valence-electron chi connectivity index (χ1n) is 14.5. The molecule has 2 aromatic heterocycles. The van der Waals surface area contributed by atoms with Crippen molar-refractivity contribution in [1.82, 2.24) is 9.55 Å². The summed E-state index contributed by atoms with van der Waals surface area (Å²) in [6, 6.07) is 3.48. The Morgan fingerprint density at radius 2 is 1.79 bits per heavy atom. The summed E-state index contributed by atoms with van der Waals surface area (Å²) < 4.78 is 47.8. The van der Waals surface area contributed by atoms with Crippen LogP contribution in [0.15, 0.2) is 12.1 Å². The smallest absolute Gasteiger partial charge is 0.490 e. The van der Waals surface area contributed by atoms with E-state index in [9.17, 15) is 4.79 Å². The Balaban J connectivity index is 1.86. The van der Waals surface area contributed by atoms with E-state index in [1.54, 1.807) is 0 Å². The van der Waals surface area contributed by atoms with E-state index >= 15 is 4.39 Å². The Labute approximate surface area is 248 Å². The van der Waals surface area contributed by atoms with Crippen molar-refractivity contribution in [2.45, 2.75) is 98.1 Å². The lowest BCUT2D eigenvalue weighted by molar-refractivity contribution is -0.164. The number of esters is 1. The number of carbonyl (C=O) groups excluding carboxylic acids is 1. The zero-order valence-electron chi connectivity index (χ0n) is 26.7. The molecule has 4 heterocycles. The molecule has 10 heteroatoms. The quantitative estimate of drug-likeness (QED) is 0.285. The van der Waals surface area contributed by atoms with Crippen molar-refractivity contribution >= 4 is 29.7 Å². The highest BCUT2D eigenvalue weighted by Crippen LogP contribution is 2.45. The molecule has 42 heavy (non-hydrogen) atoms. The summed E-state index contributed by atoms with van der Waals surface area (Å²) >= 11 is 0. The Kier molecular flexibility index (Phi) is 7.52. The van der Waals surface area contributed by atoms with Crippen LogP contribution in [0, 0.1) is 19.7 Å². The highest BCUT2D eigenvalue weighted by molar-refractivity contribution is 6.62. The first-order chi connectivity index (χ1) is 19.5. The highest BCUT2D eigenvalue weighted by Gasteiger charge is 2.53. The van der Waals surface area contributed by atoms with Gasteiger partial charge in [0.2, 0.25) is 0 Å². The third kappa shape index (κ3) is 5.01. The topological polar surface area (TPSA) is 81.0 Å². The Morgan fingerprint density at radius 3 is 2.38 bits per heavy atom. The maximum Gasteiger partial charge on any atom is 0.512 e. The minimum Gasteiger partial charge on any atom is -0.490 e. The fourth-order valence-electron chi connectivity index (χ4n) is 5.88. The van der Waals surface area contributed by atoms with Crippen molar-refractivity contribution in [3.05, 3.63) is 40.3 Å². The number of pyridine rings is 1. The predicted octanol–water partition coefficient (Wildman–Crippen LogP) is 5.65. The van der Waals surface area contributed by atoms with E-state index in [0.29, 0.717) is 46.8 Å². The van der Waals surface area contributed by atoms with Crippen LogP contribution in [-0.2, 0) is 37.0 Å². The van der Waals surface area contributed by atoms with E-state index in [1.165, 1.54) is 13.2 Å². The number of aryl methyl sites for hydroxylation is 2. The van der Waals surface area contributed by atoms with E-state index in [1.807, 2.05) is 80.0 Å². The molecule has 0 bridgehead atoms. The van der Waals surface area contributed by atoms with E-state index in [4.69, 9.17) is 28.5 Å². The summed E-state index contributed by atoms with van der Waals surface area (Å²) in [4.78, 5) is 18.3. The van der Waals surface area contributed by atoms with Crippen LogP contribution in [0.25, 0.3) is 22.2 Å². The molecule has 8 nitrogen and oxygen atoms in total. The van der Waals surface area contributed by atoms with E-state index in [2.05, 4.69) is 0 Å². The first-order valence-corrected chi connectivity index (χ1v) is 14.5. The average Bonchev–Trinajstić information content (AvgIpc) is 3.34. The molecule has 3 aromatic rings. The second kappa shape index (κ2) is 10.3. The van der Waals surface area contributed by atoms with Gasteiger partial charge in [-0.2, -0.15) is 0 Å². The summed E-state index contributed by atoms with van der Waals surface area (Å²) in [5, 5.41) is 0.730. The fraction of sp³-hybridized carbons (Fsp3) is 0.562. The molecule has 1 aromatic carbocycles. The maximum absolute atomic E-state index is 15.7. The van der Waals surface area contributed by atoms with Gasteiger partial charge >= 0.3 is 13.1 Å². The van der Waals surface area contributed by atoms with Gasteiger partial charge in [-0.05, 0) is 98.4 Å². The first kappa shape index (κ1) is 30.5. The number of benzene rings is 1. The lowest BCUT2D eigenvalue weighted by atomic mass is 9.83. The molecule has 1 atom stereocenters. The van der Waals surface area contributed by atoms with Crippen LogP contribution in [0.5, 0.6) is 5.75 Å². The summed E-state index contributed by atoms with van der Waals surface area (Å²) in [6.45, 7) is 18.0. The highest BCUT2D eigenvalue weighted by atomic mass is 19.1. The monoisotopic (exact) mass is 580 g/mol. The van der Waals surface area contributed by atoms with Crippen LogP contribution in [0.1, 0.15) is 83.4 Å². The van der Waals surface area contributed by atoms with Crippen molar-refractivity contribution < 1.29 is 32.7 Å². The van der Waals surface area contributed by atoms with Crippen LogP contribution in [-0.4, -0.2) is 53.2 Å². The largest absolute Gasteiger partial charge is 0.512 e. The van der Waals surface area contributed by atoms with Gasteiger partial charge in [-0.1, -0.05) is 0 Å². The van der Waals surface area contributed by atoms with Gasteiger partial charge in [-0.3, -0.25) is 0 Å². The van der Waals surface area contributed by atoms with E-state index < -0.39 is 41.8 Å². The molecule has 1 saturated heterocycles. The van der Waals surface area contributed by atoms with Crippen LogP contribution >= 0.6 is 0 Å². The predicted molar refractivity (Wildman–Crippen MR) is 161 cm³/mol. The summed E-state index contributed by atoms with van der Waals surface area (Å²) in [5.74, 6) is -0.697. The van der Waals surface area contributed by atoms with Crippen LogP contribution < -0.4 is 10.3 Å². The van der Waals surface area contributed by atoms with Crippen molar-refractivity contribution in [2.24, 2.45) is 7.05 Å². The van der Waals surface area contributed by atoms with Gasteiger partial charge < -0.3 is 28.1 Å². The Hall–Kier alpha value is -2.95. The number of aromatic nitrogens is 2. The lowest BCUT2D eigenvalue weighted by Crippen LogP contribution is -2.41. The fourth-order valence-corrected chi connectivity index (χ4v) is 5.88. The summed E-state index contributed by atoms with van der Waals surface area (Å²) in [5.41, 5.74) is 3.80. The molecular formula is C32H42BFN2O6. The average molecular weight is 581 g/mol. The molecule has 0 aliphatic carbocycles. The minimum absolute atomic E-state index is 0.299. The van der Waals surface area contributed by atoms with Gasteiger partial charge in [-0.25, -0.2) is 14.2 Å². The second-order valence-corrected chi connectivity index (χ2v) is 13.4. The summed E-state index contributed by atoms with van der Waals surface area (Å²) in [6.07, 6.45) is 0.391. The molecule has 0 radical (unpaired) electrons.